The van der Waals surface area contributed by atoms with Gasteiger partial charge < -0.3 is 9.64 Å². The summed E-state index contributed by atoms with van der Waals surface area (Å²) in [6, 6.07) is 20.4. The molecule has 2 aromatic carbocycles. The predicted octanol–water partition coefficient (Wildman–Crippen LogP) is 5.19. The Bertz CT molecular complexity index is 657. The van der Waals surface area contributed by atoms with Crippen LogP contribution in [0.4, 0.5) is 5.69 Å². The second-order valence-electron chi connectivity index (χ2n) is 7.54. The zero-order chi connectivity index (χ0) is 16.9. The lowest BCUT2D eigenvalue weighted by molar-refractivity contribution is 0.0786. The number of benzene rings is 2. The van der Waals surface area contributed by atoms with Gasteiger partial charge in [-0.05, 0) is 66.8 Å². The molecule has 0 aromatic heterocycles. The highest BCUT2D eigenvalue weighted by atomic mass is 16.5. The Hall–Kier alpha value is -1.80. The Morgan fingerprint density at radius 2 is 1.80 bits per heavy atom. The summed E-state index contributed by atoms with van der Waals surface area (Å²) in [5, 5.41) is 0. The third kappa shape index (κ3) is 4.07. The van der Waals surface area contributed by atoms with Gasteiger partial charge in [0.1, 0.15) is 0 Å². The van der Waals surface area contributed by atoms with Gasteiger partial charge in [-0.15, -0.1) is 0 Å². The zero-order valence-corrected chi connectivity index (χ0v) is 15.0. The first-order valence-electron chi connectivity index (χ1n) is 9.77. The smallest absolute Gasteiger partial charge is 0.0717 e. The largest absolute Gasteiger partial charge is 0.376 e. The lowest BCUT2D eigenvalue weighted by Crippen LogP contribution is -2.36. The molecule has 1 saturated carbocycles. The van der Waals surface area contributed by atoms with E-state index in [1.54, 1.807) is 0 Å². The summed E-state index contributed by atoms with van der Waals surface area (Å²) in [6.45, 7) is 3.94. The van der Waals surface area contributed by atoms with Crippen LogP contribution in [0.1, 0.15) is 49.1 Å². The van der Waals surface area contributed by atoms with E-state index in [0.29, 0.717) is 5.92 Å². The van der Waals surface area contributed by atoms with E-state index in [0.717, 1.165) is 32.2 Å². The molecule has 0 amide bonds. The number of ether oxygens (including phenoxy) is 1. The topological polar surface area (TPSA) is 12.5 Å². The Kier molecular flexibility index (Phi) is 5.37. The normalized spacial score (nSPS) is 19.0. The summed E-state index contributed by atoms with van der Waals surface area (Å²) < 4.78 is 5.97. The summed E-state index contributed by atoms with van der Waals surface area (Å²) in [5.41, 5.74) is 4.27. The number of anilines is 1. The number of hydrogen-bond acceptors (Lipinski definition) is 2. The van der Waals surface area contributed by atoms with Crippen LogP contribution >= 0.6 is 0 Å². The first kappa shape index (κ1) is 16.7. The maximum absolute atomic E-state index is 5.97. The third-order valence-corrected chi connectivity index (χ3v) is 5.84. The number of hydrogen-bond donors (Lipinski definition) is 0. The van der Waals surface area contributed by atoms with Gasteiger partial charge in [-0.25, -0.2) is 0 Å². The fourth-order valence-electron chi connectivity index (χ4n) is 4.03. The molecule has 2 nitrogen and oxygen atoms in total. The fourth-order valence-corrected chi connectivity index (χ4v) is 4.03. The van der Waals surface area contributed by atoms with Crippen LogP contribution in [0.3, 0.4) is 0 Å². The Morgan fingerprint density at radius 1 is 1.00 bits per heavy atom. The minimum Gasteiger partial charge on any atom is -0.376 e. The zero-order valence-electron chi connectivity index (χ0n) is 15.0. The molecule has 0 atom stereocenters. The minimum absolute atomic E-state index is 0.697. The van der Waals surface area contributed by atoms with Crippen LogP contribution in [0, 0.1) is 12.0 Å². The molecule has 2 aromatic rings. The van der Waals surface area contributed by atoms with E-state index >= 15 is 0 Å². The monoisotopic (exact) mass is 334 g/mol. The lowest BCUT2D eigenvalue weighted by atomic mass is 9.79. The highest BCUT2D eigenvalue weighted by molar-refractivity contribution is 5.55. The van der Waals surface area contributed by atoms with E-state index in [9.17, 15) is 0 Å². The molecule has 1 aliphatic carbocycles. The summed E-state index contributed by atoms with van der Waals surface area (Å²) in [7, 11) is 0. The van der Waals surface area contributed by atoms with Crippen molar-refractivity contribution < 1.29 is 4.74 Å². The van der Waals surface area contributed by atoms with Crippen LogP contribution in [0.15, 0.2) is 48.5 Å². The minimum atomic E-state index is 0.697. The highest BCUT2D eigenvalue weighted by Gasteiger charge is 2.26. The number of piperidine rings is 1. The second-order valence-corrected chi connectivity index (χ2v) is 7.54. The predicted molar refractivity (Wildman–Crippen MR) is 103 cm³/mol. The van der Waals surface area contributed by atoms with Crippen LogP contribution in [-0.4, -0.2) is 19.7 Å². The third-order valence-electron chi connectivity index (χ3n) is 5.84. The van der Waals surface area contributed by atoms with E-state index in [1.165, 1.54) is 48.9 Å². The second kappa shape index (κ2) is 8.05. The molecule has 131 valence electrons. The van der Waals surface area contributed by atoms with E-state index in [-0.39, 0.29) is 0 Å². The van der Waals surface area contributed by atoms with E-state index < -0.39 is 0 Å². The van der Waals surface area contributed by atoms with Crippen molar-refractivity contribution in [1.29, 1.82) is 0 Å². The summed E-state index contributed by atoms with van der Waals surface area (Å²) >= 11 is 0. The molecule has 0 bridgehead atoms. The molecule has 0 unspecified atom stereocenters. The van der Waals surface area contributed by atoms with Crippen LogP contribution < -0.4 is 4.90 Å². The van der Waals surface area contributed by atoms with Crippen molar-refractivity contribution in [2.45, 2.75) is 44.6 Å². The molecule has 1 radical (unpaired) electrons. The standard InChI is InChI=1S/C23H28NO/c1-2-7-19(8-3-1)17-25-18-20-13-15-24(16-14-20)23-12-5-4-11-22(23)21-9-6-10-21/h1-3,5,7-8,11-12,20-21H,6,9-10,13-18H2. The molecule has 2 fully saturated rings. The molecule has 0 spiro atoms. The van der Waals surface area contributed by atoms with Gasteiger partial charge in [-0.1, -0.05) is 42.8 Å². The van der Waals surface area contributed by atoms with Gasteiger partial charge in [-0.2, -0.15) is 0 Å². The van der Waals surface area contributed by atoms with Crippen molar-refractivity contribution in [3.05, 3.63) is 65.7 Å². The Labute approximate surface area is 151 Å². The van der Waals surface area contributed by atoms with Crippen molar-refractivity contribution in [3.8, 4) is 0 Å². The van der Waals surface area contributed by atoms with Gasteiger partial charge in [0, 0.05) is 25.4 Å². The summed E-state index contributed by atoms with van der Waals surface area (Å²) in [6.07, 6.45) is 6.57. The molecule has 2 heteroatoms. The van der Waals surface area contributed by atoms with E-state index in [4.69, 9.17) is 4.74 Å². The maximum atomic E-state index is 5.97. The average Bonchev–Trinajstić information content (AvgIpc) is 2.62. The molecular weight excluding hydrogens is 306 g/mol. The van der Waals surface area contributed by atoms with Crippen molar-refractivity contribution in [2.24, 2.45) is 5.92 Å². The van der Waals surface area contributed by atoms with Crippen molar-refractivity contribution in [2.75, 3.05) is 24.6 Å². The highest BCUT2D eigenvalue weighted by Crippen LogP contribution is 2.41. The first-order valence-corrected chi connectivity index (χ1v) is 9.77. The average molecular weight is 334 g/mol. The molecule has 1 aliphatic heterocycles. The molecule has 1 saturated heterocycles. The quantitative estimate of drug-likeness (QED) is 0.721. The van der Waals surface area contributed by atoms with Crippen molar-refractivity contribution in [3.63, 3.8) is 0 Å². The molecule has 1 heterocycles. The van der Waals surface area contributed by atoms with Gasteiger partial charge in [0.15, 0.2) is 0 Å². The molecular formula is C23H28NO. The van der Waals surface area contributed by atoms with Gasteiger partial charge in [0.25, 0.3) is 0 Å². The molecule has 0 N–H and O–H groups in total. The summed E-state index contributed by atoms with van der Waals surface area (Å²) in [5.74, 6) is 1.47. The fraction of sp³-hybridized carbons (Fsp3) is 0.478. The van der Waals surface area contributed by atoms with Crippen molar-refractivity contribution >= 4 is 5.69 Å². The van der Waals surface area contributed by atoms with Gasteiger partial charge in [0.2, 0.25) is 0 Å². The van der Waals surface area contributed by atoms with Gasteiger partial charge in [-0.3, -0.25) is 0 Å². The molecule has 4 rings (SSSR count). The van der Waals surface area contributed by atoms with E-state index in [2.05, 4.69) is 59.5 Å². The Morgan fingerprint density at radius 3 is 2.52 bits per heavy atom. The van der Waals surface area contributed by atoms with Crippen LogP contribution in [0.25, 0.3) is 0 Å². The maximum Gasteiger partial charge on any atom is 0.0717 e. The van der Waals surface area contributed by atoms with E-state index in [1.807, 2.05) is 0 Å². The SMILES string of the molecule is [c]1ccc(N2CCC(COCc3ccccc3)CC2)c(C2CCC2)c1. The van der Waals surface area contributed by atoms with Crippen LogP contribution in [-0.2, 0) is 11.3 Å². The molecule has 2 aliphatic rings. The molecule has 25 heavy (non-hydrogen) atoms. The van der Waals surface area contributed by atoms with Gasteiger partial charge in [0.05, 0.1) is 6.61 Å². The van der Waals surface area contributed by atoms with Crippen LogP contribution in [0.2, 0.25) is 0 Å². The lowest BCUT2D eigenvalue weighted by Gasteiger charge is -2.37. The number of rotatable bonds is 6. The van der Waals surface area contributed by atoms with Crippen molar-refractivity contribution in [1.82, 2.24) is 0 Å². The summed E-state index contributed by atoms with van der Waals surface area (Å²) in [4.78, 5) is 2.59. The first-order chi connectivity index (χ1) is 12.4. The van der Waals surface area contributed by atoms with Gasteiger partial charge >= 0.3 is 0 Å². The number of nitrogens with zero attached hydrogens (tertiary/aromatic N) is 1. The Balaban J connectivity index is 1.27. The van der Waals surface area contributed by atoms with Crippen LogP contribution in [0.5, 0.6) is 0 Å².